The van der Waals surface area contributed by atoms with E-state index >= 15 is 0 Å². The van der Waals surface area contributed by atoms with Gasteiger partial charge in [0.1, 0.15) is 0 Å². The number of hydrogen-bond acceptors (Lipinski definition) is 3. The normalized spacial score (nSPS) is 10.2. The van der Waals surface area contributed by atoms with E-state index in [0.29, 0.717) is 0 Å². The standard InChI is InChI=1S/C17H12N.2C15H10N.Ir/c1-3-7-14(8-4-1)16-11-12-18-17(13-16)15-9-5-2-6-10-15;2*1-2-7-13(8-3-1)15-14-9-5-4-6-12(14)10-11-16-15;/h1-9,11-13H;2*1-7,9-11H;/q3*-1;+3. The predicted molar refractivity (Wildman–Crippen MR) is 206 cm³/mol. The molecular formula is C47H32IrN3. The molecule has 3 nitrogen and oxygen atoms in total. The van der Waals surface area contributed by atoms with Crippen LogP contribution in [0.2, 0.25) is 0 Å². The molecular weight excluding hydrogens is 799 g/mol. The van der Waals surface area contributed by atoms with Gasteiger partial charge in [-0.2, -0.15) is 0 Å². The second-order valence-electron chi connectivity index (χ2n) is 11.4. The molecule has 0 unspecified atom stereocenters. The van der Waals surface area contributed by atoms with Crippen molar-refractivity contribution in [2.45, 2.75) is 0 Å². The zero-order chi connectivity index (χ0) is 33.8. The Kier molecular flexibility index (Phi) is 12.0. The average Bonchev–Trinajstić information content (AvgIpc) is 3.22. The Labute approximate surface area is 312 Å². The van der Waals surface area contributed by atoms with Crippen molar-refractivity contribution in [3.05, 3.63) is 213 Å². The Morgan fingerprint density at radius 3 is 1.31 bits per heavy atom. The van der Waals surface area contributed by atoms with Crippen LogP contribution >= 0.6 is 0 Å². The third-order valence-electron chi connectivity index (χ3n) is 8.13. The number of hydrogen-bond donors (Lipinski definition) is 0. The van der Waals surface area contributed by atoms with Crippen molar-refractivity contribution >= 4 is 21.5 Å². The second-order valence-corrected chi connectivity index (χ2v) is 11.4. The van der Waals surface area contributed by atoms with Gasteiger partial charge < -0.3 is 15.0 Å². The molecule has 0 fully saturated rings. The van der Waals surface area contributed by atoms with E-state index in [0.717, 1.165) is 33.8 Å². The Hall–Kier alpha value is -6.06. The molecule has 0 radical (unpaired) electrons. The van der Waals surface area contributed by atoms with Crippen molar-refractivity contribution in [3.8, 4) is 44.9 Å². The predicted octanol–water partition coefficient (Wildman–Crippen LogP) is 11.6. The van der Waals surface area contributed by atoms with Gasteiger partial charge in [0.05, 0.1) is 0 Å². The maximum Gasteiger partial charge on any atom is 3.00 e. The number of pyridine rings is 3. The Morgan fingerprint density at radius 2 is 0.804 bits per heavy atom. The number of benzene rings is 6. The first kappa shape index (κ1) is 34.8. The molecule has 9 aromatic rings. The molecule has 0 bridgehead atoms. The van der Waals surface area contributed by atoms with E-state index in [9.17, 15) is 0 Å². The van der Waals surface area contributed by atoms with Gasteiger partial charge in [0, 0.05) is 18.6 Å². The molecule has 0 saturated heterocycles. The van der Waals surface area contributed by atoms with Crippen molar-refractivity contribution in [2.24, 2.45) is 0 Å². The van der Waals surface area contributed by atoms with Crippen LogP contribution in [0.1, 0.15) is 0 Å². The van der Waals surface area contributed by atoms with Crippen LogP contribution in [0.4, 0.5) is 0 Å². The molecule has 3 aromatic heterocycles. The van der Waals surface area contributed by atoms with Crippen LogP contribution in [-0.4, -0.2) is 15.0 Å². The summed E-state index contributed by atoms with van der Waals surface area (Å²) in [7, 11) is 0. The van der Waals surface area contributed by atoms with Crippen molar-refractivity contribution in [2.75, 3.05) is 0 Å². The van der Waals surface area contributed by atoms with Gasteiger partial charge in [-0.25, -0.2) is 0 Å². The molecule has 0 saturated carbocycles. The van der Waals surface area contributed by atoms with Crippen LogP contribution in [-0.2, 0) is 20.1 Å². The van der Waals surface area contributed by atoms with E-state index in [1.165, 1.54) is 32.7 Å². The van der Waals surface area contributed by atoms with Gasteiger partial charge in [0.2, 0.25) is 0 Å². The third kappa shape index (κ3) is 8.76. The Balaban J connectivity index is 0.000000131. The fourth-order valence-electron chi connectivity index (χ4n) is 5.69. The monoisotopic (exact) mass is 831 g/mol. The summed E-state index contributed by atoms with van der Waals surface area (Å²) < 4.78 is 0. The van der Waals surface area contributed by atoms with E-state index in [2.05, 4.69) is 75.6 Å². The molecule has 0 spiro atoms. The first-order chi connectivity index (χ1) is 24.8. The molecule has 0 amide bonds. The first-order valence-corrected chi connectivity index (χ1v) is 16.4. The molecule has 0 aliphatic heterocycles. The summed E-state index contributed by atoms with van der Waals surface area (Å²) in [4.78, 5) is 13.3. The summed E-state index contributed by atoms with van der Waals surface area (Å²) in [5.41, 5.74) is 8.44. The largest absolute Gasteiger partial charge is 3.00 e. The van der Waals surface area contributed by atoms with Crippen LogP contribution in [0.25, 0.3) is 66.4 Å². The average molecular weight is 831 g/mol. The summed E-state index contributed by atoms with van der Waals surface area (Å²) in [6.07, 6.45) is 5.54. The quantitative estimate of drug-likeness (QED) is 0.166. The third-order valence-corrected chi connectivity index (χ3v) is 8.13. The fourth-order valence-corrected chi connectivity index (χ4v) is 5.69. The molecule has 244 valence electrons. The molecule has 0 atom stereocenters. The topological polar surface area (TPSA) is 38.7 Å². The minimum absolute atomic E-state index is 0. The zero-order valence-corrected chi connectivity index (χ0v) is 30.0. The fraction of sp³-hybridized carbons (Fsp3) is 0. The van der Waals surface area contributed by atoms with Gasteiger partial charge in [0.25, 0.3) is 0 Å². The van der Waals surface area contributed by atoms with Gasteiger partial charge in [-0.3, -0.25) is 0 Å². The van der Waals surface area contributed by atoms with E-state index in [-0.39, 0.29) is 20.1 Å². The van der Waals surface area contributed by atoms with E-state index in [1.54, 1.807) is 0 Å². The first-order valence-electron chi connectivity index (χ1n) is 16.4. The second kappa shape index (κ2) is 17.6. The molecule has 0 aliphatic carbocycles. The summed E-state index contributed by atoms with van der Waals surface area (Å²) in [5, 5.41) is 4.77. The number of rotatable bonds is 4. The van der Waals surface area contributed by atoms with E-state index < -0.39 is 0 Å². The van der Waals surface area contributed by atoms with Crippen molar-refractivity contribution in [3.63, 3.8) is 0 Å². The van der Waals surface area contributed by atoms with Gasteiger partial charge >= 0.3 is 20.1 Å². The summed E-state index contributed by atoms with van der Waals surface area (Å²) in [5.74, 6) is 0. The maximum atomic E-state index is 4.45. The van der Waals surface area contributed by atoms with Crippen LogP contribution < -0.4 is 0 Å². The van der Waals surface area contributed by atoms with Crippen LogP contribution in [0, 0.1) is 18.2 Å². The minimum Gasteiger partial charge on any atom is -0.305 e. The van der Waals surface area contributed by atoms with Crippen molar-refractivity contribution < 1.29 is 20.1 Å². The van der Waals surface area contributed by atoms with Crippen LogP contribution in [0.15, 0.2) is 195 Å². The molecule has 0 aliphatic rings. The molecule has 9 rings (SSSR count). The minimum atomic E-state index is 0. The van der Waals surface area contributed by atoms with Gasteiger partial charge in [-0.1, -0.05) is 84.9 Å². The molecule has 3 heterocycles. The maximum absolute atomic E-state index is 4.45. The molecule has 6 aromatic carbocycles. The Morgan fingerprint density at radius 1 is 0.353 bits per heavy atom. The number of nitrogens with zero attached hydrogens (tertiary/aromatic N) is 3. The van der Waals surface area contributed by atoms with Gasteiger partial charge in [-0.15, -0.1) is 108 Å². The SMILES string of the molecule is [Ir+3].[c-]1ccccc1-c1cc(-c2ccccc2)ccn1.[c-]1ccccc1-c1nccc2ccccc12.[c-]1ccccc1-c1nccc2ccccc12. The number of fused-ring (bicyclic) bond motifs is 2. The van der Waals surface area contributed by atoms with Crippen molar-refractivity contribution in [1.82, 2.24) is 15.0 Å². The summed E-state index contributed by atoms with van der Waals surface area (Å²) >= 11 is 0. The molecule has 51 heavy (non-hydrogen) atoms. The molecule has 4 heteroatoms. The summed E-state index contributed by atoms with van der Waals surface area (Å²) in [6.45, 7) is 0. The van der Waals surface area contributed by atoms with Crippen molar-refractivity contribution in [1.29, 1.82) is 0 Å². The zero-order valence-electron chi connectivity index (χ0n) is 27.7. The smallest absolute Gasteiger partial charge is 0.305 e. The Bertz CT molecular complexity index is 2240. The number of aromatic nitrogens is 3. The van der Waals surface area contributed by atoms with Gasteiger partial charge in [-0.05, 0) is 68.0 Å². The van der Waals surface area contributed by atoms with E-state index in [1.807, 2.05) is 152 Å². The van der Waals surface area contributed by atoms with Crippen LogP contribution in [0.5, 0.6) is 0 Å². The van der Waals surface area contributed by atoms with Crippen LogP contribution in [0.3, 0.4) is 0 Å². The van der Waals surface area contributed by atoms with E-state index in [4.69, 9.17) is 0 Å². The summed E-state index contributed by atoms with van der Waals surface area (Å²) in [6, 6.07) is 68.5. The molecule has 0 N–H and O–H groups in total. The van der Waals surface area contributed by atoms with Gasteiger partial charge in [0.15, 0.2) is 0 Å².